The van der Waals surface area contributed by atoms with Crippen LogP contribution >= 0.6 is 0 Å². The van der Waals surface area contributed by atoms with Crippen LogP contribution in [0.1, 0.15) is 37.3 Å². The fourth-order valence-corrected chi connectivity index (χ4v) is 3.97. The molecule has 2 atom stereocenters. The average molecular weight is 462 g/mol. The Morgan fingerprint density at radius 2 is 2.06 bits per heavy atom. The first kappa shape index (κ1) is 21.8. The maximum Gasteiger partial charge on any atom is 0.229 e. The van der Waals surface area contributed by atoms with Crippen LogP contribution in [0.5, 0.6) is 0 Å². The molecule has 0 bridgehead atoms. The van der Waals surface area contributed by atoms with E-state index in [1.54, 1.807) is 19.2 Å². The van der Waals surface area contributed by atoms with Gasteiger partial charge in [0, 0.05) is 43.2 Å². The van der Waals surface area contributed by atoms with Crippen LogP contribution in [0.3, 0.4) is 0 Å². The predicted molar refractivity (Wildman–Crippen MR) is 128 cm³/mol. The van der Waals surface area contributed by atoms with Gasteiger partial charge < -0.3 is 25.2 Å². The highest BCUT2D eigenvalue weighted by Crippen LogP contribution is 2.37. The number of anilines is 4. The number of hydrogen-bond acceptors (Lipinski definition) is 10. The van der Waals surface area contributed by atoms with Gasteiger partial charge in [0.25, 0.3) is 0 Å². The van der Waals surface area contributed by atoms with Crippen molar-refractivity contribution in [2.75, 3.05) is 28.6 Å². The number of aryl methyl sites for hydroxylation is 1. The summed E-state index contributed by atoms with van der Waals surface area (Å²) < 4.78 is 5.73. The lowest BCUT2D eigenvalue weighted by atomic mass is 10.1. The molecule has 4 N–H and O–H groups in total. The zero-order chi connectivity index (χ0) is 23.5. The van der Waals surface area contributed by atoms with Crippen LogP contribution in [0.15, 0.2) is 47.1 Å². The Morgan fingerprint density at radius 3 is 2.82 bits per heavy atom. The molecule has 1 unspecified atom stereocenters. The van der Waals surface area contributed by atoms with E-state index in [2.05, 4.69) is 35.9 Å². The SMILES string of the molecule is Cc1cc(Nc2cc(NC[C@H](C)O)nc(N3CCCC3c3cc(-c4ccccn4)no3)n2)n[nH]1. The van der Waals surface area contributed by atoms with E-state index in [1.165, 1.54) is 0 Å². The number of hydrogen-bond donors (Lipinski definition) is 4. The van der Waals surface area contributed by atoms with E-state index in [1.807, 2.05) is 37.3 Å². The largest absolute Gasteiger partial charge is 0.392 e. The molecular weight excluding hydrogens is 434 g/mol. The first-order valence-corrected chi connectivity index (χ1v) is 11.3. The van der Waals surface area contributed by atoms with Gasteiger partial charge in [-0.25, -0.2) is 0 Å². The quantitative estimate of drug-likeness (QED) is 0.308. The van der Waals surface area contributed by atoms with Gasteiger partial charge in [0.05, 0.1) is 17.8 Å². The molecule has 0 aromatic carbocycles. The summed E-state index contributed by atoms with van der Waals surface area (Å²) in [6.45, 7) is 4.81. The molecule has 4 aromatic rings. The molecule has 0 saturated carbocycles. The molecule has 1 aliphatic rings. The summed E-state index contributed by atoms with van der Waals surface area (Å²) in [4.78, 5) is 16.0. The zero-order valence-corrected chi connectivity index (χ0v) is 19.1. The highest BCUT2D eigenvalue weighted by molar-refractivity contribution is 5.60. The summed E-state index contributed by atoms with van der Waals surface area (Å²) in [5.41, 5.74) is 2.41. The Morgan fingerprint density at radius 1 is 1.18 bits per heavy atom. The minimum absolute atomic E-state index is 0.0440. The number of aliphatic hydroxyl groups excluding tert-OH is 1. The van der Waals surface area contributed by atoms with Gasteiger partial charge >= 0.3 is 0 Å². The van der Waals surface area contributed by atoms with Crippen molar-refractivity contribution in [1.82, 2.24) is 30.3 Å². The lowest BCUT2D eigenvalue weighted by Crippen LogP contribution is -2.25. The van der Waals surface area contributed by atoms with Crippen LogP contribution in [0.25, 0.3) is 11.4 Å². The molecule has 11 nitrogen and oxygen atoms in total. The Kier molecular flexibility index (Phi) is 6.09. The van der Waals surface area contributed by atoms with Gasteiger partial charge in [-0.05, 0) is 38.8 Å². The van der Waals surface area contributed by atoms with E-state index in [0.29, 0.717) is 35.6 Å². The molecule has 0 radical (unpaired) electrons. The van der Waals surface area contributed by atoms with Crippen molar-refractivity contribution in [1.29, 1.82) is 0 Å². The standard InChI is InChI=1S/C23H27N9O2/c1-14-10-22(30-29-14)26-21-12-20(25-13-15(2)33)27-23(28-21)32-9-5-7-18(32)19-11-17(31-34-19)16-6-3-4-8-24-16/h3-4,6,8,10-12,15,18,33H,5,7,9,13H2,1-2H3,(H3,25,26,27,28,29,30)/t15-,18?/m0/s1. The van der Waals surface area contributed by atoms with Crippen molar-refractivity contribution >= 4 is 23.4 Å². The van der Waals surface area contributed by atoms with Crippen molar-refractivity contribution in [2.24, 2.45) is 0 Å². The van der Waals surface area contributed by atoms with E-state index in [0.717, 1.165) is 36.5 Å². The highest BCUT2D eigenvalue weighted by atomic mass is 16.5. The fraction of sp³-hybridized carbons (Fsp3) is 0.348. The molecule has 176 valence electrons. The number of aliphatic hydroxyl groups is 1. The van der Waals surface area contributed by atoms with Gasteiger partial charge in [0.1, 0.15) is 17.3 Å². The molecular formula is C23H27N9O2. The van der Waals surface area contributed by atoms with Crippen LogP contribution in [0.2, 0.25) is 0 Å². The lowest BCUT2D eigenvalue weighted by Gasteiger charge is -2.23. The lowest BCUT2D eigenvalue weighted by molar-refractivity contribution is 0.208. The minimum Gasteiger partial charge on any atom is -0.392 e. The summed E-state index contributed by atoms with van der Waals surface area (Å²) in [5.74, 6) is 3.18. The molecule has 1 fully saturated rings. The molecule has 5 rings (SSSR count). The molecule has 5 heterocycles. The van der Waals surface area contributed by atoms with Gasteiger partial charge in [0.15, 0.2) is 11.6 Å². The van der Waals surface area contributed by atoms with Gasteiger partial charge in [0.2, 0.25) is 5.95 Å². The maximum absolute atomic E-state index is 9.72. The average Bonchev–Trinajstić information content (AvgIpc) is 3.59. The van der Waals surface area contributed by atoms with Crippen molar-refractivity contribution in [3.05, 3.63) is 54.0 Å². The predicted octanol–water partition coefficient (Wildman–Crippen LogP) is 3.44. The third kappa shape index (κ3) is 4.84. The Labute approximate surface area is 196 Å². The van der Waals surface area contributed by atoms with E-state index >= 15 is 0 Å². The number of nitrogens with zero attached hydrogens (tertiary/aromatic N) is 6. The highest BCUT2D eigenvalue weighted by Gasteiger charge is 2.32. The van der Waals surface area contributed by atoms with Crippen molar-refractivity contribution in [3.63, 3.8) is 0 Å². The van der Waals surface area contributed by atoms with Crippen LogP contribution in [-0.2, 0) is 0 Å². The van der Waals surface area contributed by atoms with Crippen LogP contribution in [0.4, 0.5) is 23.4 Å². The number of pyridine rings is 1. The fourth-order valence-electron chi connectivity index (χ4n) is 3.97. The summed E-state index contributed by atoms with van der Waals surface area (Å²) in [7, 11) is 0. The maximum atomic E-state index is 9.72. The second kappa shape index (κ2) is 9.48. The number of aromatic amines is 1. The smallest absolute Gasteiger partial charge is 0.229 e. The van der Waals surface area contributed by atoms with E-state index < -0.39 is 6.10 Å². The molecule has 11 heteroatoms. The van der Waals surface area contributed by atoms with Crippen LogP contribution < -0.4 is 15.5 Å². The minimum atomic E-state index is -0.512. The van der Waals surface area contributed by atoms with Crippen molar-refractivity contribution in [2.45, 2.75) is 38.8 Å². The summed E-state index contributed by atoms with van der Waals surface area (Å²) >= 11 is 0. The topological polar surface area (TPSA) is 141 Å². The first-order valence-electron chi connectivity index (χ1n) is 11.3. The second-order valence-corrected chi connectivity index (χ2v) is 8.41. The molecule has 1 aliphatic heterocycles. The summed E-state index contributed by atoms with van der Waals surface area (Å²) in [6, 6.07) is 11.3. The van der Waals surface area contributed by atoms with E-state index in [-0.39, 0.29) is 6.04 Å². The van der Waals surface area contributed by atoms with Crippen molar-refractivity contribution < 1.29 is 9.63 Å². The van der Waals surface area contributed by atoms with E-state index in [9.17, 15) is 5.11 Å². The molecule has 0 amide bonds. The van der Waals surface area contributed by atoms with Gasteiger partial charge in [-0.1, -0.05) is 11.2 Å². The molecule has 0 aliphatic carbocycles. The molecule has 1 saturated heterocycles. The van der Waals surface area contributed by atoms with Gasteiger partial charge in [-0.3, -0.25) is 10.1 Å². The Hall–Kier alpha value is -3.99. The van der Waals surface area contributed by atoms with Crippen LogP contribution in [0, 0.1) is 6.92 Å². The van der Waals surface area contributed by atoms with Gasteiger partial charge in [-0.15, -0.1) is 0 Å². The normalized spacial score (nSPS) is 16.6. The summed E-state index contributed by atoms with van der Waals surface area (Å²) in [6.07, 6.45) is 3.09. The Bertz CT molecular complexity index is 1240. The van der Waals surface area contributed by atoms with Gasteiger partial charge in [-0.2, -0.15) is 15.1 Å². The van der Waals surface area contributed by atoms with Crippen molar-refractivity contribution in [3.8, 4) is 11.4 Å². The first-order chi connectivity index (χ1) is 16.5. The number of aromatic nitrogens is 6. The zero-order valence-electron chi connectivity index (χ0n) is 19.1. The second-order valence-electron chi connectivity index (χ2n) is 8.41. The third-order valence-corrected chi connectivity index (χ3v) is 5.55. The summed E-state index contributed by atoms with van der Waals surface area (Å²) in [5, 5.41) is 27.5. The molecule has 4 aromatic heterocycles. The number of nitrogens with one attached hydrogen (secondary N) is 3. The number of rotatable bonds is 8. The molecule has 0 spiro atoms. The Balaban J connectivity index is 1.44. The monoisotopic (exact) mass is 461 g/mol. The van der Waals surface area contributed by atoms with Crippen LogP contribution in [-0.4, -0.2) is 54.6 Å². The number of H-pyrrole nitrogens is 1. The molecule has 34 heavy (non-hydrogen) atoms. The third-order valence-electron chi connectivity index (χ3n) is 5.55. The van der Waals surface area contributed by atoms with E-state index in [4.69, 9.17) is 14.5 Å².